The lowest BCUT2D eigenvalue weighted by Gasteiger charge is -2.08. The minimum absolute atomic E-state index is 0.00779. The molecule has 0 bridgehead atoms. The van der Waals surface area contributed by atoms with Crippen molar-refractivity contribution in [1.82, 2.24) is 24.9 Å². The molecule has 0 spiro atoms. The van der Waals surface area contributed by atoms with Crippen molar-refractivity contribution in [3.8, 4) is 5.69 Å². The first-order valence-electron chi connectivity index (χ1n) is 9.15. The van der Waals surface area contributed by atoms with Crippen LogP contribution in [0.3, 0.4) is 0 Å². The number of carbonyl (C=O) groups excluding carboxylic acids is 1. The van der Waals surface area contributed by atoms with Gasteiger partial charge in [-0.1, -0.05) is 24.3 Å². The molecule has 1 N–H and O–H groups in total. The van der Waals surface area contributed by atoms with E-state index >= 15 is 0 Å². The molecule has 10 nitrogen and oxygen atoms in total. The van der Waals surface area contributed by atoms with E-state index in [1.807, 2.05) is 30.3 Å². The number of esters is 1. The molecule has 0 aliphatic heterocycles. The van der Waals surface area contributed by atoms with Gasteiger partial charge in [0.25, 0.3) is 0 Å². The normalized spacial score (nSPS) is 11.4. The number of sulfonamides is 1. The highest BCUT2D eigenvalue weighted by molar-refractivity contribution is 7.89. The molecule has 0 saturated carbocycles. The number of hydrogen-bond acceptors (Lipinski definition) is 8. The van der Waals surface area contributed by atoms with Gasteiger partial charge >= 0.3 is 5.97 Å². The molecular weight excluding hydrogens is 422 g/mol. The first-order chi connectivity index (χ1) is 15.0. The van der Waals surface area contributed by atoms with Crippen molar-refractivity contribution >= 4 is 16.0 Å². The summed E-state index contributed by atoms with van der Waals surface area (Å²) < 4.78 is 39.3. The highest BCUT2D eigenvalue weighted by Gasteiger charge is 2.18. The third kappa shape index (κ3) is 4.85. The maximum absolute atomic E-state index is 12.5. The Morgan fingerprint density at radius 1 is 1.06 bits per heavy atom. The molecule has 2 aromatic carbocycles. The molecule has 0 fully saturated rings. The SMILES string of the molecule is O=C(OCc1nnnn1-c1ccccc1)c1cccc(S(=O)(=O)NCc2ccco2)c1. The number of nitrogens with one attached hydrogen (secondary N) is 1. The minimum Gasteiger partial charge on any atom is -0.468 e. The molecular formula is C20H17N5O5S. The summed E-state index contributed by atoms with van der Waals surface area (Å²) in [6, 6.07) is 18.0. The van der Waals surface area contributed by atoms with Gasteiger partial charge in [0, 0.05) is 0 Å². The third-order valence-corrected chi connectivity index (χ3v) is 5.66. The van der Waals surface area contributed by atoms with E-state index in [0.29, 0.717) is 17.3 Å². The number of ether oxygens (including phenoxy) is 1. The van der Waals surface area contributed by atoms with Crippen LogP contribution in [0.4, 0.5) is 0 Å². The van der Waals surface area contributed by atoms with Crippen LogP contribution in [0, 0.1) is 0 Å². The van der Waals surface area contributed by atoms with Crippen LogP contribution in [0.5, 0.6) is 0 Å². The second kappa shape index (κ2) is 8.90. The Bertz CT molecular complexity index is 1270. The van der Waals surface area contributed by atoms with E-state index in [2.05, 4.69) is 20.2 Å². The van der Waals surface area contributed by atoms with E-state index in [4.69, 9.17) is 9.15 Å². The zero-order valence-corrected chi connectivity index (χ0v) is 16.9. The lowest BCUT2D eigenvalue weighted by molar-refractivity contribution is 0.0459. The number of tetrazole rings is 1. The van der Waals surface area contributed by atoms with Crippen molar-refractivity contribution in [2.45, 2.75) is 18.0 Å². The molecule has 2 aromatic heterocycles. The third-order valence-electron chi connectivity index (χ3n) is 4.26. The maximum atomic E-state index is 12.5. The van der Waals surface area contributed by atoms with Crippen LogP contribution in [0.15, 0.2) is 82.3 Å². The molecule has 0 aliphatic carbocycles. The average molecular weight is 439 g/mol. The van der Waals surface area contributed by atoms with E-state index in [1.165, 1.54) is 35.2 Å². The highest BCUT2D eigenvalue weighted by Crippen LogP contribution is 2.15. The smallest absolute Gasteiger partial charge is 0.338 e. The molecule has 0 amide bonds. The lowest BCUT2D eigenvalue weighted by Crippen LogP contribution is -2.23. The topological polar surface area (TPSA) is 129 Å². The average Bonchev–Trinajstić information content (AvgIpc) is 3.49. The molecule has 158 valence electrons. The number of rotatable bonds is 8. The largest absolute Gasteiger partial charge is 0.468 e. The van der Waals surface area contributed by atoms with Crippen molar-refractivity contribution in [3.05, 3.63) is 90.1 Å². The Morgan fingerprint density at radius 2 is 1.90 bits per heavy atom. The fourth-order valence-electron chi connectivity index (χ4n) is 2.73. The Kier molecular flexibility index (Phi) is 5.87. The van der Waals surface area contributed by atoms with Crippen LogP contribution in [0.25, 0.3) is 5.69 Å². The zero-order chi connectivity index (χ0) is 21.7. The van der Waals surface area contributed by atoms with E-state index in [1.54, 1.807) is 12.1 Å². The van der Waals surface area contributed by atoms with Gasteiger partial charge in [0.1, 0.15) is 5.76 Å². The van der Waals surface area contributed by atoms with Crippen molar-refractivity contribution in [1.29, 1.82) is 0 Å². The number of benzene rings is 2. The lowest BCUT2D eigenvalue weighted by atomic mass is 10.2. The van der Waals surface area contributed by atoms with E-state index < -0.39 is 16.0 Å². The number of aromatic nitrogens is 4. The fraction of sp³-hybridized carbons (Fsp3) is 0.100. The quantitative estimate of drug-likeness (QED) is 0.413. The molecule has 11 heteroatoms. The summed E-state index contributed by atoms with van der Waals surface area (Å²) in [5.74, 6) is 0.0874. The van der Waals surface area contributed by atoms with Gasteiger partial charge < -0.3 is 9.15 Å². The molecule has 0 radical (unpaired) electrons. The summed E-state index contributed by atoms with van der Waals surface area (Å²) in [7, 11) is -3.85. The van der Waals surface area contributed by atoms with Gasteiger partial charge in [0.2, 0.25) is 10.0 Å². The van der Waals surface area contributed by atoms with Crippen LogP contribution < -0.4 is 4.72 Å². The summed E-state index contributed by atoms with van der Waals surface area (Å²) in [4.78, 5) is 12.4. The minimum atomic E-state index is -3.85. The number of hydrogen-bond donors (Lipinski definition) is 1. The van der Waals surface area contributed by atoms with Crippen LogP contribution in [-0.4, -0.2) is 34.6 Å². The second-order valence-electron chi connectivity index (χ2n) is 6.35. The van der Waals surface area contributed by atoms with Gasteiger partial charge in [-0.05, 0) is 52.9 Å². The fourth-order valence-corrected chi connectivity index (χ4v) is 3.77. The molecule has 2 heterocycles. The molecule has 4 rings (SSSR count). The Balaban J connectivity index is 1.44. The van der Waals surface area contributed by atoms with Gasteiger partial charge in [-0.25, -0.2) is 17.9 Å². The Morgan fingerprint density at radius 3 is 2.68 bits per heavy atom. The molecule has 0 aliphatic rings. The van der Waals surface area contributed by atoms with Crippen molar-refractivity contribution in [2.24, 2.45) is 0 Å². The van der Waals surface area contributed by atoms with Gasteiger partial charge in [-0.15, -0.1) is 5.10 Å². The van der Waals surface area contributed by atoms with Gasteiger partial charge in [0.05, 0.1) is 29.0 Å². The monoisotopic (exact) mass is 439 g/mol. The predicted octanol–water partition coefficient (Wildman–Crippen LogP) is 2.09. The molecule has 4 aromatic rings. The van der Waals surface area contributed by atoms with Crippen LogP contribution >= 0.6 is 0 Å². The highest BCUT2D eigenvalue weighted by atomic mass is 32.2. The standard InChI is InChI=1S/C20H17N5O5S/c26-20(30-14-19-22-23-24-25(19)16-7-2-1-3-8-16)15-6-4-10-18(12-15)31(27,28)21-13-17-9-5-11-29-17/h1-12,21H,13-14H2. The van der Waals surface area contributed by atoms with Crippen molar-refractivity contribution < 1.29 is 22.4 Å². The number of carbonyl (C=O) groups is 1. The van der Waals surface area contributed by atoms with Crippen LogP contribution in [-0.2, 0) is 27.9 Å². The molecule has 0 unspecified atom stereocenters. The number of nitrogens with zero attached hydrogens (tertiary/aromatic N) is 4. The van der Waals surface area contributed by atoms with Crippen LogP contribution in [0.2, 0.25) is 0 Å². The van der Waals surface area contributed by atoms with Crippen molar-refractivity contribution in [2.75, 3.05) is 0 Å². The predicted molar refractivity (Wildman–Crippen MR) is 107 cm³/mol. The van der Waals surface area contributed by atoms with E-state index in [0.717, 1.165) is 0 Å². The van der Waals surface area contributed by atoms with E-state index in [-0.39, 0.29) is 23.6 Å². The first kappa shape index (κ1) is 20.4. The summed E-state index contributed by atoms with van der Waals surface area (Å²) in [6.07, 6.45) is 1.45. The summed E-state index contributed by atoms with van der Waals surface area (Å²) >= 11 is 0. The molecule has 0 atom stereocenters. The number of para-hydroxylation sites is 1. The summed E-state index contributed by atoms with van der Waals surface area (Å²) in [5, 5.41) is 11.4. The number of furan rings is 1. The Hall–Kier alpha value is -3.83. The molecule has 31 heavy (non-hydrogen) atoms. The van der Waals surface area contributed by atoms with Crippen molar-refractivity contribution in [3.63, 3.8) is 0 Å². The summed E-state index contributed by atoms with van der Waals surface area (Å²) in [6.45, 7) is -0.194. The maximum Gasteiger partial charge on any atom is 0.338 e. The summed E-state index contributed by atoms with van der Waals surface area (Å²) in [5.41, 5.74) is 0.800. The van der Waals surface area contributed by atoms with Gasteiger partial charge in [-0.3, -0.25) is 0 Å². The Labute approximate surface area is 177 Å². The van der Waals surface area contributed by atoms with Crippen LogP contribution in [0.1, 0.15) is 21.9 Å². The zero-order valence-electron chi connectivity index (χ0n) is 16.1. The first-order valence-corrected chi connectivity index (χ1v) is 10.6. The second-order valence-corrected chi connectivity index (χ2v) is 8.12. The van der Waals surface area contributed by atoms with E-state index in [9.17, 15) is 13.2 Å². The van der Waals surface area contributed by atoms with Gasteiger partial charge in [-0.2, -0.15) is 4.68 Å². The van der Waals surface area contributed by atoms with Gasteiger partial charge in [0.15, 0.2) is 12.4 Å². The molecule has 0 saturated heterocycles.